The third-order valence-corrected chi connectivity index (χ3v) is 9.63. The van der Waals surface area contributed by atoms with Crippen molar-refractivity contribution in [3.63, 3.8) is 0 Å². The van der Waals surface area contributed by atoms with E-state index in [1.807, 2.05) is 6.20 Å². The number of fused-ring (bicyclic) bond motifs is 4. The fraction of sp³-hybridized carbons (Fsp3) is 0.0667. The molecule has 240 valence electrons. The Morgan fingerprint density at radius 3 is 1.86 bits per heavy atom. The van der Waals surface area contributed by atoms with Crippen LogP contribution in [0.2, 0.25) is 0 Å². The van der Waals surface area contributed by atoms with E-state index in [2.05, 4.69) is 203 Å². The number of rotatable bonds is 7. The lowest BCUT2D eigenvalue weighted by Gasteiger charge is -2.25. The molecule has 0 bridgehead atoms. The standard InChI is InChI=1S/C45H36N5/c1-32(2)33-26-27-46-45(28-33)50-41-21-10-9-20-39(41)40-25-24-38(30-44(40)50)49(35-16-7-4-8-17-35)37-19-13-18-36(29-37)48-31-47(34-14-5-3-6-15-34)42-22-11-12-23-43(42)48/h3-32H,1-2H3/q+1. The van der Waals surface area contributed by atoms with Crippen LogP contribution < -0.4 is 4.90 Å². The van der Waals surface area contributed by atoms with Gasteiger partial charge in [0.25, 0.3) is 0 Å². The Morgan fingerprint density at radius 1 is 0.500 bits per heavy atom. The SMILES string of the molecule is CC(C)c1ccnc(-n2c3ccccc3c3ccc(N(c4ccccc4)c4cccc(-n5[cH+]n(-c6ccccc6)c6ccccc65)c4)cc32)c1. The molecule has 5 heteroatoms. The van der Waals surface area contributed by atoms with Crippen molar-refractivity contribution in [1.29, 1.82) is 0 Å². The molecule has 0 aliphatic carbocycles. The molecule has 0 amide bonds. The highest BCUT2D eigenvalue weighted by Gasteiger charge is 2.21. The summed E-state index contributed by atoms with van der Waals surface area (Å²) in [5.74, 6) is 1.33. The molecule has 0 saturated heterocycles. The first-order chi connectivity index (χ1) is 24.6. The van der Waals surface area contributed by atoms with Crippen LogP contribution in [0.4, 0.5) is 17.1 Å². The molecule has 0 aliphatic heterocycles. The van der Waals surface area contributed by atoms with Crippen molar-refractivity contribution in [3.05, 3.63) is 182 Å². The Labute approximate surface area is 291 Å². The highest BCUT2D eigenvalue weighted by atomic mass is 15.2. The third kappa shape index (κ3) is 5.03. The zero-order valence-electron chi connectivity index (χ0n) is 28.1. The molecular formula is C45H36N5+. The van der Waals surface area contributed by atoms with Crippen molar-refractivity contribution >= 4 is 49.9 Å². The highest BCUT2D eigenvalue weighted by Crippen LogP contribution is 2.40. The van der Waals surface area contributed by atoms with E-state index in [4.69, 9.17) is 4.98 Å². The molecule has 9 rings (SSSR count). The van der Waals surface area contributed by atoms with Crippen molar-refractivity contribution in [2.24, 2.45) is 0 Å². The van der Waals surface area contributed by atoms with Crippen LogP contribution in [0.1, 0.15) is 25.3 Å². The van der Waals surface area contributed by atoms with Crippen molar-refractivity contribution in [2.45, 2.75) is 19.8 Å². The lowest BCUT2D eigenvalue weighted by atomic mass is 10.1. The molecule has 0 aliphatic rings. The summed E-state index contributed by atoms with van der Waals surface area (Å²) in [6.45, 7) is 4.46. The zero-order valence-corrected chi connectivity index (χ0v) is 28.1. The third-order valence-electron chi connectivity index (χ3n) is 9.63. The summed E-state index contributed by atoms with van der Waals surface area (Å²) in [7, 11) is 0. The van der Waals surface area contributed by atoms with Crippen LogP contribution in [-0.4, -0.2) is 18.7 Å². The summed E-state index contributed by atoms with van der Waals surface area (Å²) in [5.41, 5.74) is 11.3. The van der Waals surface area contributed by atoms with E-state index in [1.165, 1.54) is 16.3 Å². The Balaban J connectivity index is 1.24. The maximum atomic E-state index is 4.89. The van der Waals surface area contributed by atoms with E-state index in [1.54, 1.807) is 0 Å². The largest absolute Gasteiger partial charge is 0.310 e. The second kappa shape index (κ2) is 12.2. The predicted molar refractivity (Wildman–Crippen MR) is 208 cm³/mol. The van der Waals surface area contributed by atoms with Crippen LogP contribution >= 0.6 is 0 Å². The Kier molecular flexibility index (Phi) is 7.24. The van der Waals surface area contributed by atoms with E-state index in [9.17, 15) is 0 Å². The minimum absolute atomic E-state index is 0.404. The first-order valence-corrected chi connectivity index (χ1v) is 17.2. The van der Waals surface area contributed by atoms with Gasteiger partial charge in [0.05, 0.1) is 16.7 Å². The van der Waals surface area contributed by atoms with Gasteiger partial charge in [-0.15, -0.1) is 0 Å². The minimum atomic E-state index is 0.404. The number of imidazole rings is 1. The van der Waals surface area contributed by atoms with Gasteiger partial charge in [-0.3, -0.25) is 4.57 Å². The lowest BCUT2D eigenvalue weighted by molar-refractivity contribution is 0.858. The van der Waals surface area contributed by atoms with Gasteiger partial charge in [-0.25, -0.2) is 4.98 Å². The van der Waals surface area contributed by atoms with Gasteiger partial charge in [-0.1, -0.05) is 92.7 Å². The Bertz CT molecular complexity index is 2630. The van der Waals surface area contributed by atoms with E-state index >= 15 is 0 Å². The Morgan fingerprint density at radius 2 is 1.10 bits per heavy atom. The maximum Gasteiger partial charge on any atom is 0.168 e. The molecule has 50 heavy (non-hydrogen) atoms. The van der Waals surface area contributed by atoms with Crippen LogP contribution in [0.3, 0.4) is 0 Å². The number of pyridine rings is 1. The van der Waals surface area contributed by atoms with E-state index in [0.717, 1.165) is 56.3 Å². The van der Waals surface area contributed by atoms with Crippen LogP contribution in [-0.2, 0) is 0 Å². The summed E-state index contributed by atoms with van der Waals surface area (Å²) in [6, 6.07) is 58.3. The summed E-state index contributed by atoms with van der Waals surface area (Å²) in [4.78, 5) is 7.24. The fourth-order valence-electron chi connectivity index (χ4n) is 7.18. The van der Waals surface area contributed by atoms with Gasteiger partial charge in [0.1, 0.15) is 17.2 Å². The monoisotopic (exact) mass is 646 g/mol. The number of aromatic nitrogens is 4. The maximum absolute atomic E-state index is 4.89. The van der Waals surface area contributed by atoms with Crippen molar-refractivity contribution < 1.29 is 0 Å². The summed E-state index contributed by atoms with van der Waals surface area (Å²) >= 11 is 0. The molecule has 0 radical (unpaired) electrons. The number of benzene rings is 6. The van der Waals surface area contributed by atoms with Gasteiger partial charge in [-0.05, 0) is 78.2 Å². The molecule has 3 aromatic heterocycles. The van der Waals surface area contributed by atoms with Crippen molar-refractivity contribution in [1.82, 2.24) is 18.7 Å². The van der Waals surface area contributed by atoms with Crippen molar-refractivity contribution in [3.8, 4) is 17.2 Å². The number of hydrogen-bond acceptors (Lipinski definition) is 2. The van der Waals surface area contributed by atoms with Gasteiger partial charge in [0.2, 0.25) is 0 Å². The van der Waals surface area contributed by atoms with Crippen molar-refractivity contribution in [2.75, 3.05) is 4.90 Å². The molecule has 3 heterocycles. The summed E-state index contributed by atoms with van der Waals surface area (Å²) in [5, 5.41) is 2.41. The molecule has 0 saturated carbocycles. The smallest absolute Gasteiger partial charge is 0.168 e. The van der Waals surface area contributed by atoms with Crippen LogP contribution in [0.25, 0.3) is 50.0 Å². The van der Waals surface area contributed by atoms with Crippen LogP contribution in [0.15, 0.2) is 176 Å². The lowest BCUT2D eigenvalue weighted by Crippen LogP contribution is -2.10. The van der Waals surface area contributed by atoms with E-state index in [-0.39, 0.29) is 0 Å². The molecule has 0 atom stereocenters. The normalized spacial score (nSPS) is 11.6. The summed E-state index contributed by atoms with van der Waals surface area (Å²) in [6.07, 6.45) is 4.12. The molecule has 6 aromatic carbocycles. The summed E-state index contributed by atoms with van der Waals surface area (Å²) < 4.78 is 6.85. The molecule has 0 N–H and O–H groups in total. The molecule has 5 nitrogen and oxygen atoms in total. The zero-order chi connectivity index (χ0) is 33.6. The average molecular weight is 647 g/mol. The average Bonchev–Trinajstić information content (AvgIpc) is 3.72. The van der Waals surface area contributed by atoms with Gasteiger partial charge in [-0.2, -0.15) is 9.13 Å². The second-order valence-electron chi connectivity index (χ2n) is 13.0. The number of para-hydroxylation sites is 5. The number of anilines is 3. The number of hydrogen-bond donors (Lipinski definition) is 0. The predicted octanol–water partition coefficient (Wildman–Crippen LogP) is 11.8. The topological polar surface area (TPSA) is 30.9 Å². The number of nitrogens with zero attached hydrogens (tertiary/aromatic N) is 5. The highest BCUT2D eigenvalue weighted by molar-refractivity contribution is 6.10. The first kappa shape index (κ1) is 29.7. The van der Waals surface area contributed by atoms with E-state index < -0.39 is 0 Å². The van der Waals surface area contributed by atoms with E-state index in [0.29, 0.717) is 5.92 Å². The van der Waals surface area contributed by atoms with Gasteiger partial charge < -0.3 is 4.90 Å². The molecular weight excluding hydrogens is 611 g/mol. The molecule has 9 aromatic rings. The molecule has 0 unspecified atom stereocenters. The molecule has 0 spiro atoms. The fourth-order valence-corrected chi connectivity index (χ4v) is 7.18. The Hall–Kier alpha value is -6.46. The van der Waals surface area contributed by atoms with Crippen LogP contribution in [0.5, 0.6) is 0 Å². The quantitative estimate of drug-likeness (QED) is 0.161. The van der Waals surface area contributed by atoms with Gasteiger partial charge in [0, 0.05) is 46.5 Å². The second-order valence-corrected chi connectivity index (χ2v) is 13.0. The molecule has 0 fully saturated rings. The van der Waals surface area contributed by atoms with Crippen LogP contribution in [0, 0.1) is 0 Å². The minimum Gasteiger partial charge on any atom is -0.310 e. The first-order valence-electron chi connectivity index (χ1n) is 17.2. The van der Waals surface area contributed by atoms with Gasteiger partial charge in [0.15, 0.2) is 17.4 Å². The van der Waals surface area contributed by atoms with Gasteiger partial charge >= 0.3 is 0 Å².